The largest absolute Gasteiger partial charge is 0.497 e. The number of carboxylic acid groups (broad SMARTS) is 1. The van der Waals surface area contributed by atoms with Gasteiger partial charge in [-0.2, -0.15) is 0 Å². The molecule has 1 saturated carbocycles. The van der Waals surface area contributed by atoms with Crippen LogP contribution in [0.4, 0.5) is 4.39 Å². The number of hydrogen-bond donors (Lipinski definition) is 1. The molecule has 1 N–H and O–H groups in total. The Morgan fingerprint density at radius 1 is 1.27 bits per heavy atom. The molecule has 0 amide bonds. The molecule has 1 aliphatic carbocycles. The topological polar surface area (TPSA) is 59.0 Å². The number of alkyl halides is 1. The SMILES string of the molecule is CCOC1CCC(N2C[C@@H](c3ccc(OC)cc3)[C@](F)(C(=O)O)C2)CC1. The van der Waals surface area contributed by atoms with Gasteiger partial charge in [0.25, 0.3) is 0 Å². The molecule has 0 radical (unpaired) electrons. The first kappa shape index (κ1) is 19.1. The van der Waals surface area contributed by atoms with Gasteiger partial charge in [-0.3, -0.25) is 4.90 Å². The van der Waals surface area contributed by atoms with Gasteiger partial charge >= 0.3 is 5.97 Å². The van der Waals surface area contributed by atoms with Gasteiger partial charge in [-0.15, -0.1) is 0 Å². The number of rotatable bonds is 6. The molecule has 6 heteroatoms. The molecule has 5 nitrogen and oxygen atoms in total. The Labute approximate surface area is 154 Å². The van der Waals surface area contributed by atoms with E-state index in [-0.39, 0.29) is 18.7 Å². The summed E-state index contributed by atoms with van der Waals surface area (Å²) < 4.78 is 26.3. The summed E-state index contributed by atoms with van der Waals surface area (Å²) in [6.07, 6.45) is 4.04. The minimum atomic E-state index is -2.26. The van der Waals surface area contributed by atoms with Crippen LogP contribution in [0.2, 0.25) is 0 Å². The number of ether oxygens (including phenoxy) is 2. The van der Waals surface area contributed by atoms with Gasteiger partial charge in [0.15, 0.2) is 0 Å². The number of hydrogen-bond acceptors (Lipinski definition) is 4. The fourth-order valence-corrected chi connectivity index (χ4v) is 4.36. The van der Waals surface area contributed by atoms with Gasteiger partial charge in [0, 0.05) is 31.7 Å². The molecule has 3 rings (SSSR count). The van der Waals surface area contributed by atoms with E-state index in [0.29, 0.717) is 24.5 Å². The van der Waals surface area contributed by atoms with E-state index in [1.54, 1.807) is 31.4 Å². The van der Waals surface area contributed by atoms with Crippen molar-refractivity contribution in [2.75, 3.05) is 26.8 Å². The molecular weight excluding hydrogens is 337 g/mol. The number of aliphatic carboxylic acids is 1. The molecule has 1 aliphatic heterocycles. The standard InChI is InChI=1S/C20H28FNO4/c1-3-26-17-10-6-15(7-11-17)22-12-18(20(21,13-22)19(23)24)14-4-8-16(25-2)9-5-14/h4-5,8-9,15,17-18H,3,6-7,10-13H2,1-2H3,(H,23,24)/t15?,17?,18-,20-/m0/s1. The highest BCUT2D eigenvalue weighted by molar-refractivity contribution is 5.80. The highest BCUT2D eigenvalue weighted by atomic mass is 19.1. The summed E-state index contributed by atoms with van der Waals surface area (Å²) in [5, 5.41) is 9.59. The van der Waals surface area contributed by atoms with E-state index in [4.69, 9.17) is 9.47 Å². The van der Waals surface area contributed by atoms with E-state index in [1.165, 1.54) is 0 Å². The predicted molar refractivity (Wildman–Crippen MR) is 96.5 cm³/mol. The van der Waals surface area contributed by atoms with Crippen LogP contribution in [-0.4, -0.2) is 60.6 Å². The number of nitrogens with zero attached hydrogens (tertiary/aromatic N) is 1. The molecular formula is C20H28FNO4. The van der Waals surface area contributed by atoms with Crippen LogP contribution in [0.15, 0.2) is 24.3 Å². The molecule has 1 aromatic carbocycles. The minimum absolute atomic E-state index is 0.0526. The lowest BCUT2D eigenvalue weighted by molar-refractivity contribution is -0.151. The van der Waals surface area contributed by atoms with Crippen molar-refractivity contribution in [1.29, 1.82) is 0 Å². The van der Waals surface area contributed by atoms with E-state index in [0.717, 1.165) is 25.7 Å². The van der Waals surface area contributed by atoms with Crippen molar-refractivity contribution in [3.63, 3.8) is 0 Å². The molecule has 2 aliphatic rings. The van der Waals surface area contributed by atoms with E-state index in [2.05, 4.69) is 0 Å². The fraction of sp³-hybridized carbons (Fsp3) is 0.650. The maximum Gasteiger partial charge on any atom is 0.343 e. The summed E-state index contributed by atoms with van der Waals surface area (Å²) in [7, 11) is 1.57. The van der Waals surface area contributed by atoms with Crippen molar-refractivity contribution in [2.24, 2.45) is 0 Å². The number of halogens is 1. The average molecular weight is 365 g/mol. The van der Waals surface area contributed by atoms with Crippen LogP contribution >= 0.6 is 0 Å². The highest BCUT2D eigenvalue weighted by Gasteiger charge is 2.55. The van der Waals surface area contributed by atoms with Crippen molar-refractivity contribution in [1.82, 2.24) is 4.90 Å². The lowest BCUT2D eigenvalue weighted by Crippen LogP contribution is -2.43. The van der Waals surface area contributed by atoms with Gasteiger partial charge in [-0.05, 0) is 50.3 Å². The molecule has 144 valence electrons. The van der Waals surface area contributed by atoms with Crippen LogP contribution in [0.5, 0.6) is 5.75 Å². The summed E-state index contributed by atoms with van der Waals surface area (Å²) >= 11 is 0. The Morgan fingerprint density at radius 2 is 1.92 bits per heavy atom. The van der Waals surface area contributed by atoms with Crippen LogP contribution in [0, 0.1) is 0 Å². The predicted octanol–water partition coefficient (Wildman–Crippen LogP) is 3.24. The van der Waals surface area contributed by atoms with Crippen molar-refractivity contribution < 1.29 is 23.8 Å². The summed E-state index contributed by atoms with van der Waals surface area (Å²) in [5.74, 6) is -1.36. The van der Waals surface area contributed by atoms with Crippen molar-refractivity contribution in [2.45, 2.75) is 56.3 Å². The van der Waals surface area contributed by atoms with Crippen LogP contribution in [0.1, 0.15) is 44.1 Å². The maximum atomic E-state index is 15.5. The third kappa shape index (κ3) is 3.71. The van der Waals surface area contributed by atoms with Crippen LogP contribution in [0.3, 0.4) is 0 Å². The first-order valence-corrected chi connectivity index (χ1v) is 9.39. The second-order valence-corrected chi connectivity index (χ2v) is 7.31. The molecule has 1 aromatic rings. The van der Waals surface area contributed by atoms with E-state index >= 15 is 4.39 Å². The Balaban J connectivity index is 1.74. The van der Waals surface area contributed by atoms with Crippen LogP contribution in [-0.2, 0) is 9.53 Å². The van der Waals surface area contributed by atoms with Gasteiger partial charge in [-0.25, -0.2) is 9.18 Å². The lowest BCUT2D eigenvalue weighted by atomic mass is 9.86. The third-order valence-electron chi connectivity index (χ3n) is 5.84. The molecule has 2 atom stereocenters. The zero-order valence-corrected chi connectivity index (χ0v) is 15.5. The number of carboxylic acids is 1. The number of benzene rings is 1. The van der Waals surface area contributed by atoms with E-state index in [9.17, 15) is 9.90 Å². The zero-order chi connectivity index (χ0) is 18.7. The lowest BCUT2D eigenvalue weighted by Gasteiger charge is -2.34. The monoisotopic (exact) mass is 365 g/mol. The van der Waals surface area contributed by atoms with Gasteiger partial charge in [0.05, 0.1) is 13.2 Å². The molecule has 0 unspecified atom stereocenters. The first-order valence-electron chi connectivity index (χ1n) is 9.39. The molecule has 2 fully saturated rings. The first-order chi connectivity index (χ1) is 12.5. The molecule has 1 saturated heterocycles. The van der Waals surface area contributed by atoms with Gasteiger partial charge in [0.1, 0.15) is 5.75 Å². The van der Waals surface area contributed by atoms with Crippen molar-refractivity contribution in [3.05, 3.63) is 29.8 Å². The Kier molecular flexibility index (Phi) is 5.82. The quantitative estimate of drug-likeness (QED) is 0.839. The number of carbonyl (C=O) groups is 1. The smallest absolute Gasteiger partial charge is 0.343 e. The van der Waals surface area contributed by atoms with Crippen LogP contribution in [0.25, 0.3) is 0 Å². The maximum absolute atomic E-state index is 15.5. The third-order valence-corrected chi connectivity index (χ3v) is 5.84. The molecule has 26 heavy (non-hydrogen) atoms. The van der Waals surface area contributed by atoms with Gasteiger partial charge in [-0.1, -0.05) is 12.1 Å². The summed E-state index contributed by atoms with van der Waals surface area (Å²) in [4.78, 5) is 13.8. The minimum Gasteiger partial charge on any atom is -0.497 e. The average Bonchev–Trinajstić information content (AvgIpc) is 3.02. The Bertz CT molecular complexity index is 615. The summed E-state index contributed by atoms with van der Waals surface area (Å²) in [6, 6.07) is 7.29. The summed E-state index contributed by atoms with van der Waals surface area (Å²) in [6.45, 7) is 3.09. The number of likely N-dealkylation sites (tertiary alicyclic amines) is 1. The molecule has 0 aromatic heterocycles. The molecule has 1 heterocycles. The zero-order valence-electron chi connectivity index (χ0n) is 15.5. The highest BCUT2D eigenvalue weighted by Crippen LogP contribution is 2.42. The molecule has 0 spiro atoms. The van der Waals surface area contributed by atoms with Crippen molar-refractivity contribution >= 4 is 5.97 Å². The van der Waals surface area contributed by atoms with Gasteiger partial charge in [0.2, 0.25) is 5.67 Å². The molecule has 0 bridgehead atoms. The second-order valence-electron chi connectivity index (χ2n) is 7.31. The van der Waals surface area contributed by atoms with Crippen LogP contribution < -0.4 is 4.74 Å². The van der Waals surface area contributed by atoms with E-state index < -0.39 is 17.6 Å². The normalized spacial score (nSPS) is 32.5. The summed E-state index contributed by atoms with van der Waals surface area (Å²) in [5.41, 5.74) is -1.55. The number of methoxy groups -OCH3 is 1. The van der Waals surface area contributed by atoms with Gasteiger partial charge < -0.3 is 14.6 Å². The Morgan fingerprint density at radius 3 is 2.46 bits per heavy atom. The van der Waals surface area contributed by atoms with Crippen molar-refractivity contribution in [3.8, 4) is 5.75 Å². The van der Waals surface area contributed by atoms with E-state index in [1.807, 2.05) is 11.8 Å². The second kappa shape index (κ2) is 7.92. The fourth-order valence-electron chi connectivity index (χ4n) is 4.36. The Hall–Kier alpha value is -1.66.